The number of anilines is 2. The number of aromatic nitrogens is 3. The quantitative estimate of drug-likeness (QED) is 0.939. The van der Waals surface area contributed by atoms with Crippen molar-refractivity contribution in [2.75, 3.05) is 18.4 Å². The van der Waals surface area contributed by atoms with Crippen LogP contribution < -0.4 is 5.32 Å². The molecule has 0 aliphatic carbocycles. The minimum Gasteiger partial charge on any atom is -0.309 e. The van der Waals surface area contributed by atoms with E-state index in [9.17, 15) is 0 Å². The number of nitrogens with zero attached hydrogens (tertiary/aromatic N) is 4. The highest BCUT2D eigenvalue weighted by atomic mass is 15.2. The molecule has 1 unspecified atom stereocenters. The predicted molar refractivity (Wildman–Crippen MR) is 88.4 cm³/mol. The second kappa shape index (κ2) is 6.40. The van der Waals surface area contributed by atoms with Gasteiger partial charge in [0.25, 0.3) is 0 Å². The summed E-state index contributed by atoms with van der Waals surface area (Å²) < 4.78 is 0. The number of rotatable bonds is 4. The van der Waals surface area contributed by atoms with Crippen molar-refractivity contribution in [3.8, 4) is 0 Å². The molecular weight excluding hydrogens is 274 g/mol. The fourth-order valence-electron chi connectivity index (χ4n) is 2.81. The van der Waals surface area contributed by atoms with Crippen LogP contribution >= 0.6 is 0 Å². The maximum absolute atomic E-state index is 4.68. The van der Waals surface area contributed by atoms with Crippen molar-refractivity contribution in [1.82, 2.24) is 19.9 Å². The molecule has 1 fully saturated rings. The number of pyridine rings is 1. The van der Waals surface area contributed by atoms with E-state index < -0.39 is 0 Å². The molecule has 2 aromatic rings. The van der Waals surface area contributed by atoms with Crippen LogP contribution in [-0.4, -0.2) is 39.0 Å². The van der Waals surface area contributed by atoms with Crippen LogP contribution in [0.25, 0.3) is 0 Å². The first-order valence-electron chi connectivity index (χ1n) is 7.88. The number of hydrogen-bond acceptors (Lipinski definition) is 5. The lowest BCUT2D eigenvalue weighted by Gasteiger charge is -2.20. The first-order chi connectivity index (χ1) is 10.6. The second-order valence-corrected chi connectivity index (χ2v) is 6.23. The molecule has 1 saturated heterocycles. The molecule has 0 radical (unpaired) electrons. The smallest absolute Gasteiger partial charge is 0.228 e. The van der Waals surface area contributed by atoms with Gasteiger partial charge in [-0.25, -0.2) is 15.0 Å². The Hall–Kier alpha value is -2.01. The molecule has 116 valence electrons. The van der Waals surface area contributed by atoms with Crippen LogP contribution in [0.4, 0.5) is 11.8 Å². The maximum atomic E-state index is 4.68. The molecule has 0 aromatic carbocycles. The largest absolute Gasteiger partial charge is 0.309 e. The Kier molecular flexibility index (Phi) is 4.34. The van der Waals surface area contributed by atoms with Gasteiger partial charge in [0.15, 0.2) is 0 Å². The summed E-state index contributed by atoms with van der Waals surface area (Å²) in [4.78, 5) is 15.8. The zero-order valence-corrected chi connectivity index (χ0v) is 13.5. The van der Waals surface area contributed by atoms with Gasteiger partial charge in [0.1, 0.15) is 5.82 Å². The van der Waals surface area contributed by atoms with Crippen LogP contribution in [0.2, 0.25) is 0 Å². The zero-order valence-electron chi connectivity index (χ0n) is 13.5. The molecule has 1 aliphatic heterocycles. The van der Waals surface area contributed by atoms with Crippen LogP contribution in [0, 0.1) is 6.92 Å². The molecule has 5 heteroatoms. The highest BCUT2D eigenvalue weighted by Crippen LogP contribution is 2.27. The van der Waals surface area contributed by atoms with Gasteiger partial charge in [-0.1, -0.05) is 6.07 Å². The summed E-state index contributed by atoms with van der Waals surface area (Å²) in [6.07, 6.45) is 4.83. The number of hydrogen-bond donors (Lipinski definition) is 1. The topological polar surface area (TPSA) is 53.9 Å². The molecular formula is C17H23N5. The fraction of sp³-hybridized carbons (Fsp3) is 0.471. The van der Waals surface area contributed by atoms with E-state index in [2.05, 4.69) is 39.0 Å². The van der Waals surface area contributed by atoms with E-state index in [0.29, 0.717) is 17.9 Å². The Bertz CT molecular complexity index is 623. The summed E-state index contributed by atoms with van der Waals surface area (Å²) in [5.41, 5.74) is 2.26. The van der Waals surface area contributed by atoms with E-state index in [1.165, 1.54) is 0 Å². The third-order valence-corrected chi connectivity index (χ3v) is 4.20. The third kappa shape index (κ3) is 3.42. The van der Waals surface area contributed by atoms with E-state index in [0.717, 1.165) is 36.6 Å². The monoisotopic (exact) mass is 297 g/mol. The Morgan fingerprint density at radius 1 is 1.23 bits per heavy atom. The molecule has 0 saturated carbocycles. The summed E-state index contributed by atoms with van der Waals surface area (Å²) in [5, 5.41) is 3.18. The van der Waals surface area contributed by atoms with Crippen molar-refractivity contribution >= 4 is 11.8 Å². The summed E-state index contributed by atoms with van der Waals surface area (Å²) in [7, 11) is 0. The Labute approximate surface area is 131 Å². The van der Waals surface area contributed by atoms with Gasteiger partial charge in [-0.3, -0.25) is 0 Å². The lowest BCUT2D eigenvalue weighted by Crippen LogP contribution is -2.28. The first kappa shape index (κ1) is 14.9. The van der Waals surface area contributed by atoms with Gasteiger partial charge in [0.05, 0.1) is 5.69 Å². The highest BCUT2D eigenvalue weighted by molar-refractivity contribution is 5.47. The highest BCUT2D eigenvalue weighted by Gasteiger charge is 2.26. The molecule has 0 spiro atoms. The van der Waals surface area contributed by atoms with Crippen molar-refractivity contribution in [3.63, 3.8) is 0 Å². The molecule has 1 N–H and O–H groups in total. The van der Waals surface area contributed by atoms with Crippen molar-refractivity contribution in [2.45, 2.75) is 39.2 Å². The molecule has 22 heavy (non-hydrogen) atoms. The summed E-state index contributed by atoms with van der Waals surface area (Å²) >= 11 is 0. The minimum atomic E-state index is 0.497. The number of aryl methyl sites for hydroxylation is 1. The van der Waals surface area contributed by atoms with Crippen LogP contribution in [0.5, 0.6) is 0 Å². The average molecular weight is 297 g/mol. The van der Waals surface area contributed by atoms with Gasteiger partial charge in [-0.15, -0.1) is 0 Å². The maximum Gasteiger partial charge on any atom is 0.228 e. The lowest BCUT2D eigenvalue weighted by atomic mass is 10.1. The normalized spacial score (nSPS) is 18.8. The fourth-order valence-corrected chi connectivity index (χ4v) is 2.81. The number of nitrogens with one attached hydrogen (secondary N) is 1. The second-order valence-electron chi connectivity index (χ2n) is 6.23. The van der Waals surface area contributed by atoms with E-state index >= 15 is 0 Å². The first-order valence-corrected chi connectivity index (χ1v) is 7.88. The predicted octanol–water partition coefficient (Wildman–Crippen LogP) is 3.12. The van der Waals surface area contributed by atoms with Crippen LogP contribution in [0.3, 0.4) is 0 Å². The number of likely N-dealkylation sites (tertiary alicyclic amines) is 1. The van der Waals surface area contributed by atoms with Crippen molar-refractivity contribution < 1.29 is 0 Å². The van der Waals surface area contributed by atoms with Crippen LogP contribution in [-0.2, 0) is 0 Å². The lowest BCUT2D eigenvalue weighted by molar-refractivity contribution is 0.272. The Balaban J connectivity index is 1.71. The minimum absolute atomic E-state index is 0.497. The standard InChI is InChI=1S/C17H23N5/c1-12(2)22-9-7-14(11-22)15-6-8-18-17(20-15)21-16-5-4-13(3)10-19-16/h4-6,8,10,12,14H,7,9,11H2,1-3H3,(H,18,19,20,21). The van der Waals surface area contributed by atoms with Gasteiger partial charge in [0.2, 0.25) is 5.95 Å². The molecule has 3 heterocycles. The Morgan fingerprint density at radius 2 is 2.09 bits per heavy atom. The molecule has 0 amide bonds. The van der Waals surface area contributed by atoms with Gasteiger partial charge < -0.3 is 10.2 Å². The third-order valence-electron chi connectivity index (χ3n) is 4.20. The van der Waals surface area contributed by atoms with Gasteiger partial charge in [0, 0.05) is 30.9 Å². The van der Waals surface area contributed by atoms with Crippen LogP contribution in [0.1, 0.15) is 37.4 Å². The molecule has 0 bridgehead atoms. The van der Waals surface area contributed by atoms with E-state index in [-0.39, 0.29) is 0 Å². The van der Waals surface area contributed by atoms with Crippen LogP contribution in [0.15, 0.2) is 30.6 Å². The van der Waals surface area contributed by atoms with Crippen molar-refractivity contribution in [1.29, 1.82) is 0 Å². The molecule has 5 nitrogen and oxygen atoms in total. The zero-order chi connectivity index (χ0) is 15.5. The molecule has 1 atom stereocenters. The van der Waals surface area contributed by atoms with Crippen molar-refractivity contribution in [2.24, 2.45) is 0 Å². The summed E-state index contributed by atoms with van der Waals surface area (Å²) in [6.45, 7) is 8.75. The molecule has 1 aliphatic rings. The van der Waals surface area contributed by atoms with Crippen molar-refractivity contribution in [3.05, 3.63) is 41.9 Å². The Morgan fingerprint density at radius 3 is 2.77 bits per heavy atom. The summed E-state index contributed by atoms with van der Waals surface area (Å²) in [6, 6.07) is 6.60. The van der Waals surface area contributed by atoms with E-state index in [4.69, 9.17) is 0 Å². The average Bonchev–Trinajstić information content (AvgIpc) is 3.00. The van der Waals surface area contributed by atoms with Gasteiger partial charge >= 0.3 is 0 Å². The van der Waals surface area contributed by atoms with Gasteiger partial charge in [-0.2, -0.15) is 0 Å². The molecule has 2 aromatic heterocycles. The molecule has 3 rings (SSSR count). The van der Waals surface area contributed by atoms with E-state index in [1.807, 2.05) is 37.5 Å². The SMILES string of the molecule is Cc1ccc(Nc2nccc(C3CCN(C(C)C)C3)n2)nc1. The summed E-state index contributed by atoms with van der Waals surface area (Å²) in [5.74, 6) is 1.90. The van der Waals surface area contributed by atoms with Gasteiger partial charge in [-0.05, 0) is 51.4 Å². The van der Waals surface area contributed by atoms with E-state index in [1.54, 1.807) is 0 Å².